The number of ether oxygens (including phenoxy) is 1. The number of hydrogen-bond acceptors (Lipinski definition) is 6. The lowest BCUT2D eigenvalue weighted by molar-refractivity contribution is 0.309. The Kier molecular flexibility index (Phi) is 3.34. The van der Waals surface area contributed by atoms with E-state index in [-0.39, 0.29) is 0 Å². The Morgan fingerprint density at radius 3 is 3.00 bits per heavy atom. The lowest BCUT2D eigenvalue weighted by atomic mass is 10.2. The maximum atomic E-state index is 5.88. The monoisotopic (exact) mass is 321 g/mol. The van der Waals surface area contributed by atoms with Crippen LogP contribution >= 0.6 is 0 Å². The number of H-pyrrole nitrogens is 1. The van der Waals surface area contributed by atoms with Gasteiger partial charge in [0.2, 0.25) is 5.65 Å². The number of aryl methyl sites for hydroxylation is 1. The zero-order valence-corrected chi connectivity index (χ0v) is 13.0. The molecular weight excluding hydrogens is 306 g/mol. The van der Waals surface area contributed by atoms with E-state index in [2.05, 4.69) is 31.4 Å². The first-order valence-electron chi connectivity index (χ1n) is 7.40. The van der Waals surface area contributed by atoms with Crippen molar-refractivity contribution in [2.75, 3.05) is 5.73 Å². The highest BCUT2D eigenvalue weighted by atomic mass is 16.5. The predicted molar refractivity (Wildman–Crippen MR) is 88.7 cm³/mol. The van der Waals surface area contributed by atoms with Crippen molar-refractivity contribution < 1.29 is 4.74 Å². The van der Waals surface area contributed by atoms with E-state index in [0.717, 1.165) is 17.1 Å². The largest absolute Gasteiger partial charge is 0.486 e. The second-order valence-electron chi connectivity index (χ2n) is 5.34. The number of benzene rings is 1. The molecule has 0 bridgehead atoms. The van der Waals surface area contributed by atoms with E-state index < -0.39 is 0 Å². The van der Waals surface area contributed by atoms with E-state index in [0.29, 0.717) is 29.3 Å². The van der Waals surface area contributed by atoms with Crippen molar-refractivity contribution in [3.05, 3.63) is 54.1 Å². The van der Waals surface area contributed by atoms with Gasteiger partial charge in [-0.1, -0.05) is 12.1 Å². The van der Waals surface area contributed by atoms with Gasteiger partial charge in [0.05, 0.1) is 0 Å². The van der Waals surface area contributed by atoms with Gasteiger partial charge in [-0.15, -0.1) is 5.10 Å². The van der Waals surface area contributed by atoms with Gasteiger partial charge in [0, 0.05) is 24.1 Å². The molecule has 3 N–H and O–H groups in total. The summed E-state index contributed by atoms with van der Waals surface area (Å²) in [6, 6.07) is 9.72. The van der Waals surface area contributed by atoms with Gasteiger partial charge in [-0.3, -0.25) is 0 Å². The highest BCUT2D eigenvalue weighted by molar-refractivity contribution is 5.78. The molecule has 120 valence electrons. The summed E-state index contributed by atoms with van der Waals surface area (Å²) in [5.41, 5.74) is 8.83. The first kappa shape index (κ1) is 14.2. The molecule has 0 aliphatic rings. The molecule has 3 aromatic heterocycles. The van der Waals surface area contributed by atoms with Gasteiger partial charge in [-0.2, -0.15) is 10.3 Å². The van der Waals surface area contributed by atoms with Crippen LogP contribution in [0.5, 0.6) is 5.75 Å². The highest BCUT2D eigenvalue weighted by Gasteiger charge is 2.10. The summed E-state index contributed by atoms with van der Waals surface area (Å²) in [4.78, 5) is 8.34. The number of aromatic amines is 1. The van der Waals surface area contributed by atoms with Gasteiger partial charge in [-0.05, 0) is 24.6 Å². The van der Waals surface area contributed by atoms with Crippen LogP contribution in [0.15, 0.2) is 42.7 Å². The summed E-state index contributed by atoms with van der Waals surface area (Å²) in [5, 5.41) is 10.5. The molecule has 0 saturated heterocycles. The zero-order valence-electron chi connectivity index (χ0n) is 13.0. The second-order valence-corrected chi connectivity index (χ2v) is 5.34. The normalized spacial score (nSPS) is 11.0. The smallest absolute Gasteiger partial charge is 0.207 e. The number of nitrogen functional groups attached to an aromatic ring is 1. The number of anilines is 1. The number of rotatable bonds is 4. The lowest BCUT2D eigenvalue weighted by Gasteiger charge is -2.10. The Morgan fingerprint density at radius 2 is 2.17 bits per heavy atom. The van der Waals surface area contributed by atoms with Crippen molar-refractivity contribution in [2.24, 2.45) is 0 Å². The maximum absolute atomic E-state index is 5.88. The molecule has 0 saturated carbocycles. The molecule has 0 radical (unpaired) electrons. The number of pyridine rings is 1. The third-order valence-corrected chi connectivity index (χ3v) is 3.69. The molecule has 24 heavy (non-hydrogen) atoms. The second kappa shape index (κ2) is 5.65. The molecule has 8 nitrogen and oxygen atoms in total. The summed E-state index contributed by atoms with van der Waals surface area (Å²) < 4.78 is 7.90. The Balaban J connectivity index is 1.60. The molecule has 0 aliphatic carbocycles. The van der Waals surface area contributed by atoms with E-state index in [9.17, 15) is 0 Å². The highest BCUT2D eigenvalue weighted by Crippen LogP contribution is 2.24. The van der Waals surface area contributed by atoms with Crippen molar-refractivity contribution in [1.29, 1.82) is 0 Å². The van der Waals surface area contributed by atoms with Crippen molar-refractivity contribution in [2.45, 2.75) is 13.5 Å². The van der Waals surface area contributed by atoms with Crippen molar-refractivity contribution in [3.63, 3.8) is 0 Å². The van der Waals surface area contributed by atoms with Crippen LogP contribution in [0.1, 0.15) is 11.4 Å². The summed E-state index contributed by atoms with van der Waals surface area (Å²) in [5.74, 6) is 1.82. The Bertz CT molecular complexity index is 1000. The Hall–Kier alpha value is -3.42. The third kappa shape index (κ3) is 2.54. The molecule has 0 aliphatic heterocycles. The minimum absolute atomic E-state index is 0.342. The standard InChI is InChI=1S/C16H15N7O/c1-10-18-5-6-23(10)12-4-2-3-11(7-12)9-24-13-8-14(17)19-16-15(13)20-22-21-16/h2-8H,9H2,1H3,(H3,17,19,20,21,22). The predicted octanol–water partition coefficient (Wildman–Crippen LogP) is 2.01. The fourth-order valence-corrected chi connectivity index (χ4v) is 2.54. The molecule has 0 fully saturated rings. The van der Waals surface area contributed by atoms with Crippen LogP contribution < -0.4 is 10.5 Å². The van der Waals surface area contributed by atoms with Crippen LogP contribution in [-0.2, 0) is 6.61 Å². The maximum Gasteiger partial charge on any atom is 0.207 e. The number of nitrogens with two attached hydrogens (primary N) is 1. The van der Waals surface area contributed by atoms with E-state index in [1.54, 1.807) is 12.3 Å². The molecule has 1 aromatic carbocycles. The van der Waals surface area contributed by atoms with Crippen LogP contribution in [0.25, 0.3) is 16.9 Å². The topological polar surface area (TPSA) is 108 Å². The van der Waals surface area contributed by atoms with Gasteiger partial charge < -0.3 is 15.0 Å². The van der Waals surface area contributed by atoms with Crippen LogP contribution in [0, 0.1) is 6.92 Å². The van der Waals surface area contributed by atoms with Crippen molar-refractivity contribution >= 4 is 17.0 Å². The van der Waals surface area contributed by atoms with Crippen LogP contribution in [0.3, 0.4) is 0 Å². The molecule has 0 spiro atoms. The SMILES string of the molecule is Cc1nccn1-c1cccc(COc2cc(N)nc3n[nH]nc23)c1. The number of imidazole rings is 1. The minimum atomic E-state index is 0.342. The van der Waals surface area contributed by atoms with Gasteiger partial charge in [-0.25, -0.2) is 9.97 Å². The Labute approximate surface area is 137 Å². The molecule has 3 heterocycles. The molecule has 8 heteroatoms. The minimum Gasteiger partial charge on any atom is -0.486 e. The van der Waals surface area contributed by atoms with E-state index in [4.69, 9.17) is 10.5 Å². The van der Waals surface area contributed by atoms with E-state index in [1.807, 2.05) is 35.9 Å². The number of fused-ring (bicyclic) bond motifs is 1. The first-order valence-corrected chi connectivity index (χ1v) is 7.40. The lowest BCUT2D eigenvalue weighted by Crippen LogP contribution is -2.01. The Morgan fingerprint density at radius 1 is 1.25 bits per heavy atom. The van der Waals surface area contributed by atoms with Crippen LogP contribution in [0.4, 0.5) is 5.82 Å². The van der Waals surface area contributed by atoms with Gasteiger partial charge in [0.1, 0.15) is 18.2 Å². The number of nitrogens with one attached hydrogen (secondary N) is 1. The number of aromatic nitrogens is 6. The molecule has 4 rings (SSSR count). The molecule has 4 aromatic rings. The molecule has 0 atom stereocenters. The van der Waals surface area contributed by atoms with Gasteiger partial charge in [0.15, 0.2) is 11.3 Å². The average molecular weight is 321 g/mol. The molecule has 0 unspecified atom stereocenters. The van der Waals surface area contributed by atoms with E-state index >= 15 is 0 Å². The fraction of sp³-hybridized carbons (Fsp3) is 0.125. The quantitative estimate of drug-likeness (QED) is 0.595. The van der Waals surface area contributed by atoms with Crippen molar-refractivity contribution in [3.8, 4) is 11.4 Å². The summed E-state index contributed by atoms with van der Waals surface area (Å²) in [7, 11) is 0. The first-order chi connectivity index (χ1) is 11.7. The summed E-state index contributed by atoms with van der Waals surface area (Å²) >= 11 is 0. The summed E-state index contributed by atoms with van der Waals surface area (Å²) in [6.45, 7) is 2.34. The number of nitrogens with zero attached hydrogens (tertiary/aromatic N) is 5. The zero-order chi connectivity index (χ0) is 16.5. The summed E-state index contributed by atoms with van der Waals surface area (Å²) in [6.07, 6.45) is 3.71. The third-order valence-electron chi connectivity index (χ3n) is 3.69. The van der Waals surface area contributed by atoms with Crippen molar-refractivity contribution in [1.82, 2.24) is 29.9 Å². The average Bonchev–Trinajstić information content (AvgIpc) is 3.21. The van der Waals surface area contributed by atoms with Crippen LogP contribution in [-0.4, -0.2) is 29.9 Å². The molecule has 0 amide bonds. The fourth-order valence-electron chi connectivity index (χ4n) is 2.54. The van der Waals surface area contributed by atoms with Gasteiger partial charge >= 0.3 is 0 Å². The van der Waals surface area contributed by atoms with Gasteiger partial charge in [0.25, 0.3) is 0 Å². The molecular formula is C16H15N7O. The van der Waals surface area contributed by atoms with E-state index in [1.165, 1.54) is 0 Å². The number of hydrogen-bond donors (Lipinski definition) is 2. The van der Waals surface area contributed by atoms with Crippen LogP contribution in [0.2, 0.25) is 0 Å².